The zero-order valence-electron chi connectivity index (χ0n) is 10.7. The third kappa shape index (κ3) is 4.73. The first-order chi connectivity index (χ1) is 9.84. The van der Waals surface area contributed by atoms with Gasteiger partial charge in [0.2, 0.25) is 0 Å². The Hall–Kier alpha value is -2.95. The molecule has 0 aliphatic heterocycles. The molecule has 0 aliphatic rings. The number of hydrazone groups is 2. The highest BCUT2D eigenvalue weighted by molar-refractivity contribution is 5.83. The Bertz CT molecular complexity index is 540. The van der Waals surface area contributed by atoms with Crippen LogP contribution in [-0.4, -0.2) is 18.5 Å². The molecule has 20 heavy (non-hydrogen) atoms. The average molecular weight is 266 g/mol. The second-order valence-corrected chi connectivity index (χ2v) is 3.89. The van der Waals surface area contributed by atoms with E-state index in [2.05, 4.69) is 21.1 Å². The second kappa shape index (κ2) is 7.48. The topological polar surface area (TPSA) is 65.8 Å². The summed E-state index contributed by atoms with van der Waals surface area (Å²) in [5.41, 5.74) is 6.45. The summed E-state index contributed by atoms with van der Waals surface area (Å²) in [4.78, 5) is 11.4. The Morgan fingerprint density at radius 3 is 1.55 bits per heavy atom. The molecule has 2 aromatic carbocycles. The van der Waals surface area contributed by atoms with Crippen LogP contribution in [0, 0.1) is 0 Å². The molecule has 5 heteroatoms. The maximum Gasteiger partial charge on any atom is 0.355 e. The van der Waals surface area contributed by atoms with Crippen molar-refractivity contribution in [2.75, 3.05) is 0 Å². The van der Waals surface area contributed by atoms with Crippen LogP contribution >= 0.6 is 0 Å². The van der Waals surface area contributed by atoms with Crippen molar-refractivity contribution >= 4 is 18.5 Å². The van der Waals surface area contributed by atoms with Crippen LogP contribution in [0.5, 0.6) is 0 Å². The number of nitrogens with one attached hydrogen (secondary N) is 2. The van der Waals surface area contributed by atoms with Crippen LogP contribution in [0.1, 0.15) is 11.1 Å². The molecule has 100 valence electrons. The van der Waals surface area contributed by atoms with Crippen molar-refractivity contribution in [1.82, 2.24) is 10.9 Å². The van der Waals surface area contributed by atoms with E-state index in [1.165, 1.54) is 0 Å². The lowest BCUT2D eigenvalue weighted by Crippen LogP contribution is -2.28. The Kier molecular flexibility index (Phi) is 5.04. The van der Waals surface area contributed by atoms with Crippen molar-refractivity contribution in [1.29, 1.82) is 0 Å². The lowest BCUT2D eigenvalue weighted by Gasteiger charge is -1.97. The number of carbonyl (C=O) groups is 1. The fraction of sp³-hybridized carbons (Fsp3) is 0. The summed E-state index contributed by atoms with van der Waals surface area (Å²) in [5, 5.41) is 7.61. The van der Waals surface area contributed by atoms with Gasteiger partial charge >= 0.3 is 6.03 Å². The van der Waals surface area contributed by atoms with Gasteiger partial charge in [-0.15, -0.1) is 0 Å². The van der Waals surface area contributed by atoms with Crippen LogP contribution in [0.4, 0.5) is 4.79 Å². The van der Waals surface area contributed by atoms with Gasteiger partial charge in [0.1, 0.15) is 0 Å². The minimum atomic E-state index is -0.496. The molecule has 0 spiro atoms. The molecule has 0 unspecified atom stereocenters. The van der Waals surface area contributed by atoms with Gasteiger partial charge in [-0.05, 0) is 11.1 Å². The summed E-state index contributed by atoms with van der Waals surface area (Å²) >= 11 is 0. The van der Waals surface area contributed by atoms with Crippen LogP contribution in [-0.2, 0) is 0 Å². The molecule has 2 aromatic rings. The smallest absolute Gasteiger partial charge is 0.245 e. The first-order valence-electron chi connectivity index (χ1n) is 6.07. The van der Waals surface area contributed by atoms with E-state index in [0.717, 1.165) is 11.1 Å². The van der Waals surface area contributed by atoms with Crippen LogP contribution in [0.15, 0.2) is 70.9 Å². The number of urea groups is 1. The maximum atomic E-state index is 11.4. The minimum Gasteiger partial charge on any atom is -0.245 e. The van der Waals surface area contributed by atoms with E-state index in [4.69, 9.17) is 0 Å². The van der Waals surface area contributed by atoms with Gasteiger partial charge in [0.05, 0.1) is 12.4 Å². The van der Waals surface area contributed by atoms with E-state index in [1.54, 1.807) is 12.4 Å². The monoisotopic (exact) mass is 266 g/mol. The molecule has 0 fully saturated rings. The molecule has 0 atom stereocenters. The molecular formula is C15H14N4O. The van der Waals surface area contributed by atoms with Crippen molar-refractivity contribution in [3.63, 3.8) is 0 Å². The molecule has 2 rings (SSSR count). The number of rotatable bonds is 4. The highest BCUT2D eigenvalue weighted by atomic mass is 16.2. The maximum absolute atomic E-state index is 11.4. The highest BCUT2D eigenvalue weighted by Gasteiger charge is 1.93. The molecule has 0 saturated carbocycles. The quantitative estimate of drug-likeness (QED) is 0.647. The number of hydrogen-bond acceptors (Lipinski definition) is 3. The lowest BCUT2D eigenvalue weighted by atomic mass is 10.2. The third-order valence-corrected chi connectivity index (χ3v) is 2.36. The van der Waals surface area contributed by atoms with E-state index >= 15 is 0 Å². The van der Waals surface area contributed by atoms with Crippen molar-refractivity contribution in [3.05, 3.63) is 71.8 Å². The first-order valence-corrected chi connectivity index (χ1v) is 6.07. The molecule has 0 heterocycles. The highest BCUT2D eigenvalue weighted by Crippen LogP contribution is 1.94. The van der Waals surface area contributed by atoms with Gasteiger partial charge in [-0.1, -0.05) is 60.7 Å². The summed E-state index contributed by atoms with van der Waals surface area (Å²) < 4.78 is 0. The van der Waals surface area contributed by atoms with Crippen molar-refractivity contribution in [2.45, 2.75) is 0 Å². The summed E-state index contributed by atoms with van der Waals surface area (Å²) in [7, 11) is 0. The number of nitrogens with zero attached hydrogens (tertiary/aromatic N) is 2. The largest absolute Gasteiger partial charge is 0.355 e. The lowest BCUT2D eigenvalue weighted by molar-refractivity contribution is 0.242. The van der Waals surface area contributed by atoms with Crippen LogP contribution in [0.2, 0.25) is 0 Å². The van der Waals surface area contributed by atoms with Gasteiger partial charge in [0.15, 0.2) is 0 Å². The summed E-state index contributed by atoms with van der Waals surface area (Å²) in [6.45, 7) is 0. The van der Waals surface area contributed by atoms with E-state index in [0.29, 0.717) is 0 Å². The predicted octanol–water partition coefficient (Wildman–Crippen LogP) is 2.35. The molecule has 0 radical (unpaired) electrons. The zero-order valence-corrected chi connectivity index (χ0v) is 10.7. The zero-order chi connectivity index (χ0) is 14.0. The summed E-state index contributed by atoms with van der Waals surface area (Å²) in [6, 6.07) is 18.4. The SMILES string of the molecule is O=C(N/N=C\c1ccccc1)N/N=C\c1ccccc1. The van der Waals surface area contributed by atoms with Gasteiger partial charge in [-0.2, -0.15) is 10.2 Å². The Morgan fingerprint density at radius 1 is 0.750 bits per heavy atom. The molecule has 5 nitrogen and oxygen atoms in total. The van der Waals surface area contributed by atoms with Gasteiger partial charge in [-0.3, -0.25) is 0 Å². The molecule has 0 bridgehead atoms. The molecule has 0 aromatic heterocycles. The average Bonchev–Trinajstić information content (AvgIpc) is 2.49. The number of benzene rings is 2. The van der Waals surface area contributed by atoms with E-state index in [-0.39, 0.29) is 0 Å². The normalized spacial score (nSPS) is 10.8. The second-order valence-electron chi connectivity index (χ2n) is 3.89. The molecule has 2 amide bonds. The molecular weight excluding hydrogens is 252 g/mol. The van der Waals surface area contributed by atoms with Crippen molar-refractivity contribution < 1.29 is 4.79 Å². The predicted molar refractivity (Wildman–Crippen MR) is 79.7 cm³/mol. The molecule has 0 saturated heterocycles. The van der Waals surface area contributed by atoms with Gasteiger partial charge in [0.25, 0.3) is 0 Å². The van der Waals surface area contributed by atoms with E-state index < -0.39 is 6.03 Å². The fourth-order valence-corrected chi connectivity index (χ4v) is 1.43. The van der Waals surface area contributed by atoms with Crippen LogP contribution in [0.3, 0.4) is 0 Å². The van der Waals surface area contributed by atoms with Gasteiger partial charge in [-0.25, -0.2) is 15.6 Å². The van der Waals surface area contributed by atoms with Gasteiger partial charge in [0, 0.05) is 0 Å². The number of carbonyl (C=O) groups excluding carboxylic acids is 1. The molecule has 0 aliphatic carbocycles. The summed E-state index contributed by atoms with van der Waals surface area (Å²) in [5.74, 6) is 0. The Morgan fingerprint density at radius 2 is 1.15 bits per heavy atom. The third-order valence-electron chi connectivity index (χ3n) is 2.36. The van der Waals surface area contributed by atoms with Gasteiger partial charge < -0.3 is 0 Å². The van der Waals surface area contributed by atoms with E-state index in [9.17, 15) is 4.79 Å². The standard InChI is InChI=1S/C15H14N4O/c20-15(18-16-11-13-7-3-1-4-8-13)19-17-12-14-9-5-2-6-10-14/h1-12H,(H2,18,19,20)/b16-11-,17-12-. The molecule has 2 N–H and O–H groups in total. The van der Waals surface area contributed by atoms with Crippen LogP contribution < -0.4 is 10.9 Å². The van der Waals surface area contributed by atoms with Crippen LogP contribution in [0.25, 0.3) is 0 Å². The van der Waals surface area contributed by atoms with E-state index in [1.807, 2.05) is 60.7 Å². The van der Waals surface area contributed by atoms with Crippen molar-refractivity contribution in [2.24, 2.45) is 10.2 Å². The number of amides is 2. The number of hydrogen-bond donors (Lipinski definition) is 2. The first kappa shape index (κ1) is 13.5. The fourth-order valence-electron chi connectivity index (χ4n) is 1.43. The Labute approximate surface area is 117 Å². The minimum absolute atomic E-state index is 0.496. The summed E-state index contributed by atoms with van der Waals surface area (Å²) in [6.07, 6.45) is 3.11. The Balaban J connectivity index is 1.76. The van der Waals surface area contributed by atoms with Crippen molar-refractivity contribution in [3.8, 4) is 0 Å².